The molecule has 1 heterocycles. The number of amidine groups is 1. The molecule has 1 atom stereocenters. The molecule has 1 aliphatic heterocycles. The third-order valence-electron chi connectivity index (χ3n) is 2.83. The topological polar surface area (TPSA) is 105 Å². The molecule has 0 aromatic carbocycles. The van der Waals surface area contributed by atoms with Gasteiger partial charge in [-0.25, -0.2) is 8.42 Å². The summed E-state index contributed by atoms with van der Waals surface area (Å²) in [5.41, 5.74) is 5.47. The van der Waals surface area contributed by atoms with Crippen LogP contribution in [0, 0.1) is 0 Å². The van der Waals surface area contributed by atoms with Crippen molar-refractivity contribution in [1.82, 2.24) is 4.90 Å². The number of nitrogens with zero attached hydrogens (tertiary/aromatic N) is 2. The van der Waals surface area contributed by atoms with Gasteiger partial charge in [0.15, 0.2) is 15.7 Å². The highest BCUT2D eigenvalue weighted by molar-refractivity contribution is 7.91. The number of rotatable bonds is 6. The molecule has 0 radical (unpaired) electrons. The Bertz CT molecular complexity index is 383. The van der Waals surface area contributed by atoms with Gasteiger partial charge in [0.05, 0.1) is 12.4 Å². The fourth-order valence-electron chi connectivity index (χ4n) is 1.83. The molecule has 7 nitrogen and oxygen atoms in total. The van der Waals surface area contributed by atoms with E-state index < -0.39 is 15.9 Å². The summed E-state index contributed by atoms with van der Waals surface area (Å²) in [7, 11) is -2.97. The van der Waals surface area contributed by atoms with Crippen LogP contribution in [0.4, 0.5) is 0 Å². The average Bonchev–Trinajstić information content (AvgIpc) is 2.36. The largest absolute Gasteiger partial charge is 0.409 e. The highest BCUT2D eigenvalue weighted by Crippen LogP contribution is 2.06. The fraction of sp³-hybridized carbons (Fsp3) is 0.900. The number of oxime groups is 1. The molecular formula is C10H21N3O4S. The first-order valence-electron chi connectivity index (χ1n) is 6.00. The van der Waals surface area contributed by atoms with Gasteiger partial charge >= 0.3 is 0 Å². The Labute approximate surface area is 108 Å². The van der Waals surface area contributed by atoms with Crippen molar-refractivity contribution in [2.75, 3.05) is 37.7 Å². The second-order valence-corrected chi connectivity index (χ2v) is 6.64. The standard InChI is InChI=1S/C10H21N3O4S/c1-2-6-18(15,16)7-4-13-3-5-17-9(8-13)10(11)12-14/h9,14H,2-8H2,1H3,(H2,11,12). The lowest BCUT2D eigenvalue weighted by molar-refractivity contribution is 0.00714. The second-order valence-electron chi connectivity index (χ2n) is 4.34. The molecular weight excluding hydrogens is 258 g/mol. The van der Waals surface area contributed by atoms with Gasteiger partial charge in [-0.15, -0.1) is 0 Å². The predicted molar refractivity (Wildman–Crippen MR) is 68.5 cm³/mol. The Balaban J connectivity index is 2.44. The van der Waals surface area contributed by atoms with Crippen LogP contribution < -0.4 is 5.73 Å². The quantitative estimate of drug-likeness (QED) is 0.287. The summed E-state index contributed by atoms with van der Waals surface area (Å²) in [6.07, 6.45) is 0.177. The predicted octanol–water partition coefficient (Wildman–Crippen LogP) is -0.742. The van der Waals surface area contributed by atoms with Crippen LogP contribution in [0.3, 0.4) is 0 Å². The van der Waals surface area contributed by atoms with Gasteiger partial charge in [-0.2, -0.15) is 0 Å². The summed E-state index contributed by atoms with van der Waals surface area (Å²) >= 11 is 0. The van der Waals surface area contributed by atoms with Gasteiger partial charge in [0.1, 0.15) is 6.10 Å². The molecule has 0 amide bonds. The van der Waals surface area contributed by atoms with E-state index in [4.69, 9.17) is 15.7 Å². The molecule has 0 saturated carbocycles. The Kier molecular flexibility index (Phi) is 5.83. The van der Waals surface area contributed by atoms with Crippen molar-refractivity contribution in [3.05, 3.63) is 0 Å². The first kappa shape index (κ1) is 15.2. The van der Waals surface area contributed by atoms with E-state index in [9.17, 15) is 8.42 Å². The van der Waals surface area contributed by atoms with Crippen LogP contribution in [0.2, 0.25) is 0 Å². The van der Waals surface area contributed by atoms with Gasteiger partial charge in [0, 0.05) is 25.4 Å². The third kappa shape index (κ3) is 4.79. The lowest BCUT2D eigenvalue weighted by Gasteiger charge is -2.31. The maximum absolute atomic E-state index is 11.6. The van der Waals surface area contributed by atoms with E-state index in [-0.39, 0.29) is 17.3 Å². The summed E-state index contributed by atoms with van der Waals surface area (Å²) in [6.45, 7) is 3.88. The number of nitrogens with two attached hydrogens (primary N) is 1. The molecule has 1 aliphatic rings. The highest BCUT2D eigenvalue weighted by atomic mass is 32.2. The molecule has 0 bridgehead atoms. The van der Waals surface area contributed by atoms with Gasteiger partial charge in [0.25, 0.3) is 0 Å². The normalized spacial score (nSPS) is 23.2. The summed E-state index contributed by atoms with van der Waals surface area (Å²) in [6, 6.07) is 0. The van der Waals surface area contributed by atoms with Crippen molar-refractivity contribution in [2.24, 2.45) is 10.9 Å². The van der Waals surface area contributed by atoms with Crippen LogP contribution in [0.1, 0.15) is 13.3 Å². The Hall–Kier alpha value is -0.860. The van der Waals surface area contributed by atoms with Crippen LogP contribution in [0.25, 0.3) is 0 Å². The molecule has 106 valence electrons. The zero-order chi connectivity index (χ0) is 13.6. The third-order valence-corrected chi connectivity index (χ3v) is 4.66. The molecule has 0 spiro atoms. The van der Waals surface area contributed by atoms with Gasteiger partial charge in [-0.05, 0) is 6.42 Å². The van der Waals surface area contributed by atoms with Crippen molar-refractivity contribution in [3.8, 4) is 0 Å². The van der Waals surface area contributed by atoms with E-state index in [1.807, 2.05) is 11.8 Å². The van der Waals surface area contributed by atoms with Gasteiger partial charge in [-0.3, -0.25) is 4.90 Å². The first-order chi connectivity index (χ1) is 8.48. The lowest BCUT2D eigenvalue weighted by atomic mass is 10.2. The number of sulfone groups is 1. The molecule has 1 rings (SSSR count). The van der Waals surface area contributed by atoms with Crippen molar-refractivity contribution in [2.45, 2.75) is 19.4 Å². The monoisotopic (exact) mass is 279 g/mol. The van der Waals surface area contributed by atoms with Crippen LogP contribution in [-0.4, -0.2) is 68.2 Å². The smallest absolute Gasteiger partial charge is 0.169 e. The molecule has 1 unspecified atom stereocenters. The lowest BCUT2D eigenvalue weighted by Crippen LogP contribution is -2.49. The highest BCUT2D eigenvalue weighted by Gasteiger charge is 2.24. The maximum Gasteiger partial charge on any atom is 0.169 e. The fourth-order valence-corrected chi connectivity index (χ4v) is 3.19. The Morgan fingerprint density at radius 1 is 1.56 bits per heavy atom. The zero-order valence-electron chi connectivity index (χ0n) is 10.6. The van der Waals surface area contributed by atoms with E-state index in [2.05, 4.69) is 5.16 Å². The molecule has 0 aromatic rings. The molecule has 1 fully saturated rings. The molecule has 0 aromatic heterocycles. The van der Waals surface area contributed by atoms with Gasteiger partial charge < -0.3 is 15.7 Å². The first-order valence-corrected chi connectivity index (χ1v) is 7.82. The van der Waals surface area contributed by atoms with Crippen LogP contribution >= 0.6 is 0 Å². The van der Waals surface area contributed by atoms with Crippen molar-refractivity contribution in [1.29, 1.82) is 0 Å². The van der Waals surface area contributed by atoms with Crippen molar-refractivity contribution < 1.29 is 18.4 Å². The second kappa shape index (κ2) is 6.91. The molecule has 18 heavy (non-hydrogen) atoms. The Morgan fingerprint density at radius 3 is 2.89 bits per heavy atom. The zero-order valence-corrected chi connectivity index (χ0v) is 11.4. The minimum Gasteiger partial charge on any atom is -0.409 e. The van der Waals surface area contributed by atoms with E-state index in [0.717, 1.165) is 0 Å². The maximum atomic E-state index is 11.6. The van der Waals surface area contributed by atoms with Gasteiger partial charge in [-0.1, -0.05) is 12.1 Å². The number of ether oxygens (including phenoxy) is 1. The van der Waals surface area contributed by atoms with E-state index in [1.165, 1.54) is 0 Å². The van der Waals surface area contributed by atoms with Crippen LogP contribution in [0.5, 0.6) is 0 Å². The summed E-state index contributed by atoms with van der Waals surface area (Å²) < 4.78 is 28.5. The Morgan fingerprint density at radius 2 is 2.28 bits per heavy atom. The number of morpholine rings is 1. The van der Waals surface area contributed by atoms with Crippen molar-refractivity contribution in [3.63, 3.8) is 0 Å². The van der Waals surface area contributed by atoms with E-state index in [1.54, 1.807) is 0 Å². The summed E-state index contributed by atoms with van der Waals surface area (Å²) in [5, 5.41) is 11.5. The number of hydrogen-bond acceptors (Lipinski definition) is 6. The SMILES string of the molecule is CCCS(=O)(=O)CCN1CCOC(C(N)=NO)C1. The molecule has 8 heteroatoms. The minimum atomic E-state index is -2.97. The van der Waals surface area contributed by atoms with Crippen LogP contribution in [0.15, 0.2) is 5.16 Å². The average molecular weight is 279 g/mol. The molecule has 3 N–H and O–H groups in total. The number of hydrogen-bond donors (Lipinski definition) is 2. The van der Waals surface area contributed by atoms with Crippen molar-refractivity contribution >= 4 is 15.7 Å². The summed E-state index contributed by atoms with van der Waals surface area (Å²) in [4.78, 5) is 1.96. The van der Waals surface area contributed by atoms with E-state index >= 15 is 0 Å². The summed E-state index contributed by atoms with van der Waals surface area (Å²) in [5.74, 6) is 0.390. The minimum absolute atomic E-state index is 0.0242. The van der Waals surface area contributed by atoms with Crippen LogP contribution in [-0.2, 0) is 14.6 Å². The molecule has 1 saturated heterocycles. The van der Waals surface area contributed by atoms with Gasteiger partial charge in [0.2, 0.25) is 0 Å². The molecule has 0 aliphatic carbocycles. The van der Waals surface area contributed by atoms with E-state index in [0.29, 0.717) is 32.7 Å².